The largest absolute Gasteiger partial charge is 0.491 e. The summed E-state index contributed by atoms with van der Waals surface area (Å²) in [6.07, 6.45) is 5.08. The first-order chi connectivity index (χ1) is 9.74. The van der Waals surface area contributed by atoms with Gasteiger partial charge < -0.3 is 14.8 Å². The van der Waals surface area contributed by atoms with Crippen molar-refractivity contribution in [3.05, 3.63) is 29.3 Å². The molecule has 20 heavy (non-hydrogen) atoms. The van der Waals surface area contributed by atoms with Crippen molar-refractivity contribution in [1.29, 1.82) is 0 Å². The molecule has 0 amide bonds. The Bertz CT molecular complexity index is 380. The van der Waals surface area contributed by atoms with E-state index in [1.54, 1.807) is 0 Å². The highest BCUT2D eigenvalue weighted by Crippen LogP contribution is 2.16. The number of benzene rings is 1. The van der Waals surface area contributed by atoms with Crippen LogP contribution in [0.15, 0.2) is 18.2 Å². The summed E-state index contributed by atoms with van der Waals surface area (Å²) in [7, 11) is 0. The van der Waals surface area contributed by atoms with E-state index in [1.807, 2.05) is 0 Å². The quantitative estimate of drug-likeness (QED) is 0.776. The molecule has 3 nitrogen and oxygen atoms in total. The summed E-state index contributed by atoms with van der Waals surface area (Å²) < 4.78 is 11.4. The van der Waals surface area contributed by atoms with E-state index < -0.39 is 0 Å². The Morgan fingerprint density at radius 3 is 2.55 bits per heavy atom. The number of rotatable bonds is 7. The molecule has 0 radical (unpaired) electrons. The van der Waals surface area contributed by atoms with Gasteiger partial charge in [0, 0.05) is 12.6 Å². The fraction of sp³-hybridized carbons (Fsp3) is 0.647. The van der Waals surface area contributed by atoms with E-state index in [0.29, 0.717) is 19.3 Å². The zero-order chi connectivity index (χ0) is 14.2. The second-order valence-electron chi connectivity index (χ2n) is 5.72. The summed E-state index contributed by atoms with van der Waals surface area (Å²) in [5.41, 5.74) is 2.48. The Kier molecular flexibility index (Phi) is 6.34. The van der Waals surface area contributed by atoms with Crippen LogP contribution in [-0.4, -0.2) is 32.4 Å². The number of aryl methyl sites for hydroxylation is 2. The van der Waals surface area contributed by atoms with Gasteiger partial charge in [0.2, 0.25) is 0 Å². The van der Waals surface area contributed by atoms with Crippen LogP contribution in [0.5, 0.6) is 5.75 Å². The van der Waals surface area contributed by atoms with E-state index in [-0.39, 0.29) is 0 Å². The number of ether oxygens (including phenoxy) is 2. The number of hydrogen-bond donors (Lipinski definition) is 1. The highest BCUT2D eigenvalue weighted by Gasteiger charge is 2.11. The molecule has 1 unspecified atom stereocenters. The van der Waals surface area contributed by atoms with Gasteiger partial charge in [0.1, 0.15) is 12.4 Å². The fourth-order valence-electron chi connectivity index (χ4n) is 2.73. The lowest BCUT2D eigenvalue weighted by molar-refractivity contribution is 0.0910. The maximum absolute atomic E-state index is 5.72. The minimum Gasteiger partial charge on any atom is -0.491 e. The van der Waals surface area contributed by atoms with Crippen LogP contribution in [0.4, 0.5) is 0 Å². The SMILES string of the molecule is Cc1cc(C)cc(OCCOCCC2CCCCN2)c1. The van der Waals surface area contributed by atoms with Crippen LogP contribution in [0, 0.1) is 13.8 Å². The van der Waals surface area contributed by atoms with Crippen molar-refractivity contribution in [2.45, 2.75) is 45.6 Å². The Hall–Kier alpha value is -1.06. The molecule has 112 valence electrons. The first-order valence-corrected chi connectivity index (χ1v) is 7.76. The maximum atomic E-state index is 5.72. The summed E-state index contributed by atoms with van der Waals surface area (Å²) in [5.74, 6) is 0.944. The molecule has 0 bridgehead atoms. The van der Waals surface area contributed by atoms with E-state index in [1.165, 1.54) is 36.9 Å². The molecule has 0 aromatic heterocycles. The van der Waals surface area contributed by atoms with Crippen LogP contribution in [-0.2, 0) is 4.74 Å². The van der Waals surface area contributed by atoms with Gasteiger partial charge in [-0.3, -0.25) is 0 Å². The summed E-state index contributed by atoms with van der Waals surface area (Å²) >= 11 is 0. The number of piperidine rings is 1. The van der Waals surface area contributed by atoms with Crippen molar-refractivity contribution >= 4 is 0 Å². The molecule has 1 aliphatic heterocycles. The summed E-state index contributed by atoms with van der Waals surface area (Å²) in [5, 5.41) is 3.54. The first kappa shape index (κ1) is 15.3. The van der Waals surface area contributed by atoms with E-state index >= 15 is 0 Å². The molecule has 1 N–H and O–H groups in total. The highest BCUT2D eigenvalue weighted by atomic mass is 16.5. The summed E-state index contributed by atoms with van der Waals surface area (Å²) in [6, 6.07) is 6.95. The molecule has 2 rings (SSSR count). The topological polar surface area (TPSA) is 30.5 Å². The van der Waals surface area contributed by atoms with Crippen LogP contribution >= 0.6 is 0 Å². The third-order valence-electron chi connectivity index (χ3n) is 3.71. The van der Waals surface area contributed by atoms with Gasteiger partial charge in [0.25, 0.3) is 0 Å². The first-order valence-electron chi connectivity index (χ1n) is 7.76. The molecule has 0 spiro atoms. The van der Waals surface area contributed by atoms with Crippen LogP contribution < -0.4 is 10.1 Å². The predicted molar refractivity (Wildman–Crippen MR) is 82.5 cm³/mol. The molecule has 1 atom stereocenters. The molecular formula is C17H27NO2. The van der Waals surface area contributed by atoms with Crippen molar-refractivity contribution in [3.63, 3.8) is 0 Å². The zero-order valence-corrected chi connectivity index (χ0v) is 12.8. The molecule has 0 aliphatic carbocycles. The minimum atomic E-state index is 0.626. The van der Waals surface area contributed by atoms with Crippen LogP contribution in [0.2, 0.25) is 0 Å². The molecule has 1 saturated heterocycles. The molecule has 1 aromatic rings. The van der Waals surface area contributed by atoms with Gasteiger partial charge in [0.05, 0.1) is 6.61 Å². The Labute approximate surface area is 122 Å². The number of hydrogen-bond acceptors (Lipinski definition) is 3. The van der Waals surface area contributed by atoms with Gasteiger partial charge in [0.15, 0.2) is 0 Å². The maximum Gasteiger partial charge on any atom is 0.119 e. The van der Waals surface area contributed by atoms with Crippen molar-refractivity contribution < 1.29 is 9.47 Å². The average Bonchev–Trinajstić information content (AvgIpc) is 2.43. The van der Waals surface area contributed by atoms with Gasteiger partial charge in [-0.15, -0.1) is 0 Å². The molecular weight excluding hydrogens is 250 g/mol. The predicted octanol–water partition coefficient (Wildman–Crippen LogP) is 3.23. The lowest BCUT2D eigenvalue weighted by Crippen LogP contribution is -2.34. The van der Waals surface area contributed by atoms with E-state index in [0.717, 1.165) is 18.8 Å². The minimum absolute atomic E-state index is 0.626. The van der Waals surface area contributed by atoms with Gasteiger partial charge >= 0.3 is 0 Å². The van der Waals surface area contributed by atoms with Gasteiger partial charge in [-0.25, -0.2) is 0 Å². The molecule has 0 saturated carbocycles. The van der Waals surface area contributed by atoms with E-state index in [9.17, 15) is 0 Å². The van der Waals surface area contributed by atoms with E-state index in [4.69, 9.17) is 9.47 Å². The Morgan fingerprint density at radius 1 is 1.05 bits per heavy atom. The normalized spacial score (nSPS) is 19.0. The van der Waals surface area contributed by atoms with Crippen molar-refractivity contribution in [2.75, 3.05) is 26.4 Å². The lowest BCUT2D eigenvalue weighted by Gasteiger charge is -2.23. The van der Waals surface area contributed by atoms with Crippen molar-refractivity contribution in [2.24, 2.45) is 0 Å². The van der Waals surface area contributed by atoms with Gasteiger partial charge in [-0.1, -0.05) is 12.5 Å². The summed E-state index contributed by atoms with van der Waals surface area (Å²) in [6.45, 7) is 7.47. The monoisotopic (exact) mass is 277 g/mol. The fourth-order valence-corrected chi connectivity index (χ4v) is 2.73. The smallest absolute Gasteiger partial charge is 0.119 e. The zero-order valence-electron chi connectivity index (χ0n) is 12.8. The van der Waals surface area contributed by atoms with Crippen molar-refractivity contribution in [3.8, 4) is 5.75 Å². The molecule has 1 aliphatic rings. The Morgan fingerprint density at radius 2 is 1.85 bits per heavy atom. The number of nitrogens with one attached hydrogen (secondary N) is 1. The second-order valence-corrected chi connectivity index (χ2v) is 5.72. The molecule has 1 aromatic carbocycles. The second kappa shape index (κ2) is 8.28. The molecule has 1 heterocycles. The van der Waals surface area contributed by atoms with Crippen LogP contribution in [0.3, 0.4) is 0 Å². The third kappa shape index (κ3) is 5.51. The van der Waals surface area contributed by atoms with Crippen LogP contribution in [0.25, 0.3) is 0 Å². The highest BCUT2D eigenvalue weighted by molar-refractivity contribution is 5.32. The Balaban J connectivity index is 1.54. The molecule has 3 heteroatoms. The summed E-state index contributed by atoms with van der Waals surface area (Å²) in [4.78, 5) is 0. The average molecular weight is 277 g/mol. The molecule has 1 fully saturated rings. The van der Waals surface area contributed by atoms with Crippen molar-refractivity contribution in [1.82, 2.24) is 5.32 Å². The van der Waals surface area contributed by atoms with Crippen LogP contribution in [0.1, 0.15) is 36.8 Å². The standard InChI is InChI=1S/C17H27NO2/c1-14-11-15(2)13-17(12-14)20-10-9-19-8-6-16-5-3-4-7-18-16/h11-13,16,18H,3-10H2,1-2H3. The third-order valence-corrected chi connectivity index (χ3v) is 3.71. The van der Waals surface area contributed by atoms with Gasteiger partial charge in [-0.2, -0.15) is 0 Å². The van der Waals surface area contributed by atoms with Gasteiger partial charge in [-0.05, 0) is 62.9 Å². The lowest BCUT2D eigenvalue weighted by atomic mass is 10.0. The van der Waals surface area contributed by atoms with E-state index in [2.05, 4.69) is 37.4 Å².